The number of hydrogen-bond acceptors (Lipinski definition) is 7. The van der Waals surface area contributed by atoms with Crippen LogP contribution in [0.3, 0.4) is 0 Å². The largest absolute Gasteiger partial charge is 0.478 e. The number of hydrogen-bond donors (Lipinski definition) is 1. The standard InChI is InChI=1S/C56H76N4O7Si2/c1-11-13-31-58(32-14-12-2)53(62)50-40-59(33-34-65-35-36-66-69(56(6,7)8,46-25-17-15-18-26-46)47-27-19-16-20-28-47)51(57-50)48-30-29-43(54(63)64)38-49(48)52(61)60-39-44-24-22-21-23-42(44)37-45(60)41-67-68(9,10)55(3,4)5/h15-30,38,40,45H,11-14,31-37,39,41H2,1-10H3,(H,63,64)/t45-/m0/s1. The predicted molar refractivity (Wildman–Crippen MR) is 282 cm³/mol. The van der Waals surface area contributed by atoms with Crippen molar-refractivity contribution in [3.8, 4) is 11.4 Å². The molecule has 0 fully saturated rings. The molecule has 1 aliphatic rings. The van der Waals surface area contributed by atoms with E-state index in [1.54, 1.807) is 12.3 Å². The molecule has 4 aromatic carbocycles. The fraction of sp³-hybridized carbons (Fsp3) is 0.464. The first-order valence-corrected chi connectivity index (χ1v) is 29.7. The molecule has 2 heterocycles. The SMILES string of the molecule is CCCCN(CCCC)C(=O)c1cn(CCOCCO[Si](c2ccccc2)(c2ccccc2)C(C)(C)C)c(-c2ccc(C(=O)O)cc2C(=O)N2Cc3ccccc3C[C@H]2CO[Si](C)(C)C(C)(C)C)n1. The van der Waals surface area contributed by atoms with E-state index in [0.717, 1.165) is 36.8 Å². The Labute approximate surface area is 413 Å². The highest BCUT2D eigenvalue weighted by Crippen LogP contribution is 2.39. The van der Waals surface area contributed by atoms with Gasteiger partial charge in [-0.05, 0) is 82.1 Å². The molecule has 5 aromatic rings. The second-order valence-corrected chi connectivity index (χ2v) is 30.1. The van der Waals surface area contributed by atoms with Crippen molar-refractivity contribution in [2.24, 2.45) is 0 Å². The molecule has 2 amide bonds. The summed E-state index contributed by atoms with van der Waals surface area (Å²) in [6.45, 7) is 25.2. The van der Waals surface area contributed by atoms with Crippen molar-refractivity contribution in [2.75, 3.05) is 39.5 Å². The second kappa shape index (κ2) is 23.2. The normalized spacial score (nSPS) is 14.4. The van der Waals surface area contributed by atoms with Gasteiger partial charge in [0.05, 0.1) is 43.6 Å². The van der Waals surface area contributed by atoms with E-state index in [9.17, 15) is 14.7 Å². The van der Waals surface area contributed by atoms with Crippen LogP contribution >= 0.6 is 0 Å². The van der Waals surface area contributed by atoms with Crippen molar-refractivity contribution < 1.29 is 33.1 Å². The van der Waals surface area contributed by atoms with E-state index in [1.807, 2.05) is 44.7 Å². The van der Waals surface area contributed by atoms with Gasteiger partial charge in [0.15, 0.2) is 8.32 Å². The van der Waals surface area contributed by atoms with Gasteiger partial charge >= 0.3 is 5.97 Å². The average molecular weight is 973 g/mol. The minimum atomic E-state index is -2.78. The number of aromatic nitrogens is 2. The zero-order valence-corrected chi connectivity index (χ0v) is 44.8. The zero-order chi connectivity index (χ0) is 50.0. The highest BCUT2D eigenvalue weighted by molar-refractivity contribution is 6.99. The highest BCUT2D eigenvalue weighted by atomic mass is 28.4. The van der Waals surface area contributed by atoms with Crippen molar-refractivity contribution >= 4 is 44.8 Å². The van der Waals surface area contributed by atoms with Gasteiger partial charge in [-0.15, -0.1) is 0 Å². The Balaban J connectivity index is 1.34. The third kappa shape index (κ3) is 12.4. The maximum atomic E-state index is 15.3. The first-order valence-electron chi connectivity index (χ1n) is 24.9. The quantitative estimate of drug-likeness (QED) is 0.0537. The van der Waals surface area contributed by atoms with Gasteiger partial charge in [-0.2, -0.15) is 0 Å². The fourth-order valence-electron chi connectivity index (χ4n) is 9.06. The van der Waals surface area contributed by atoms with Crippen LogP contribution in [0.25, 0.3) is 11.4 Å². The van der Waals surface area contributed by atoms with Gasteiger partial charge in [0, 0.05) is 37.9 Å². The molecular formula is C56H76N4O7Si2. The van der Waals surface area contributed by atoms with E-state index >= 15 is 4.79 Å². The number of carboxylic acid groups (broad SMARTS) is 1. The number of benzene rings is 4. The molecule has 0 unspecified atom stereocenters. The highest BCUT2D eigenvalue weighted by Gasteiger charge is 2.50. The number of carboxylic acids is 1. The molecule has 0 radical (unpaired) electrons. The zero-order valence-electron chi connectivity index (χ0n) is 42.8. The molecule has 13 heteroatoms. The summed E-state index contributed by atoms with van der Waals surface area (Å²) in [5.41, 5.74) is 3.09. The number of nitrogens with zero attached hydrogens (tertiary/aromatic N) is 4. The van der Waals surface area contributed by atoms with Crippen LogP contribution in [0.1, 0.15) is 123 Å². The Morgan fingerprint density at radius 1 is 0.754 bits per heavy atom. The van der Waals surface area contributed by atoms with E-state index < -0.39 is 22.6 Å². The molecule has 0 aliphatic carbocycles. The van der Waals surface area contributed by atoms with E-state index in [1.165, 1.54) is 22.5 Å². The first-order chi connectivity index (χ1) is 32.8. The van der Waals surface area contributed by atoms with Gasteiger partial charge < -0.3 is 33.1 Å². The molecule has 0 bridgehead atoms. The minimum absolute atomic E-state index is 0.0162. The van der Waals surface area contributed by atoms with Crippen molar-refractivity contribution in [3.63, 3.8) is 0 Å². The average Bonchev–Trinajstić information content (AvgIpc) is 3.76. The van der Waals surface area contributed by atoms with Crippen LogP contribution in [0.15, 0.2) is 109 Å². The van der Waals surface area contributed by atoms with Crippen LogP contribution in [-0.4, -0.2) is 104 Å². The summed E-state index contributed by atoms with van der Waals surface area (Å²) >= 11 is 0. The lowest BCUT2D eigenvalue weighted by atomic mass is 9.92. The van der Waals surface area contributed by atoms with E-state index in [-0.39, 0.29) is 51.4 Å². The van der Waals surface area contributed by atoms with Crippen LogP contribution in [-0.2, 0) is 33.1 Å². The molecule has 1 atom stereocenters. The molecule has 6 rings (SSSR count). The Hall–Kier alpha value is -5.19. The third-order valence-electron chi connectivity index (χ3n) is 14.1. The Morgan fingerprint density at radius 3 is 1.91 bits per heavy atom. The van der Waals surface area contributed by atoms with Crippen LogP contribution in [0.4, 0.5) is 0 Å². The van der Waals surface area contributed by atoms with Gasteiger partial charge in [-0.3, -0.25) is 9.59 Å². The number of ether oxygens (including phenoxy) is 1. The predicted octanol–water partition coefficient (Wildman–Crippen LogP) is 10.5. The van der Waals surface area contributed by atoms with Crippen LogP contribution in [0.5, 0.6) is 0 Å². The molecular weight excluding hydrogens is 897 g/mol. The summed E-state index contributed by atoms with van der Waals surface area (Å²) in [5, 5.41) is 12.5. The Kier molecular flexibility index (Phi) is 17.8. The van der Waals surface area contributed by atoms with Crippen LogP contribution in [0.2, 0.25) is 23.2 Å². The molecule has 370 valence electrons. The van der Waals surface area contributed by atoms with Crippen molar-refractivity contribution in [1.82, 2.24) is 19.4 Å². The number of amides is 2. The number of unbranched alkanes of at least 4 members (excludes halogenated alkanes) is 2. The maximum absolute atomic E-state index is 15.3. The lowest BCUT2D eigenvalue weighted by Gasteiger charge is -2.43. The summed E-state index contributed by atoms with van der Waals surface area (Å²) in [6.07, 6.45) is 5.97. The number of carbonyl (C=O) groups excluding carboxylic acids is 2. The topological polar surface area (TPSA) is 123 Å². The minimum Gasteiger partial charge on any atom is -0.478 e. The molecule has 69 heavy (non-hydrogen) atoms. The molecule has 1 N–H and O–H groups in total. The van der Waals surface area contributed by atoms with E-state index in [0.29, 0.717) is 63.8 Å². The summed E-state index contributed by atoms with van der Waals surface area (Å²) < 4.78 is 22.1. The first kappa shape index (κ1) is 53.2. The smallest absolute Gasteiger partial charge is 0.335 e. The van der Waals surface area contributed by atoms with Gasteiger partial charge in [0.2, 0.25) is 0 Å². The molecule has 0 spiro atoms. The number of imidazole rings is 1. The number of carbonyl (C=O) groups is 3. The van der Waals surface area contributed by atoms with Crippen molar-refractivity contribution in [2.45, 2.75) is 130 Å². The summed E-state index contributed by atoms with van der Waals surface area (Å²) in [7, 11) is -4.99. The third-order valence-corrected chi connectivity index (χ3v) is 23.6. The monoisotopic (exact) mass is 973 g/mol. The van der Waals surface area contributed by atoms with Gasteiger partial charge in [0.25, 0.3) is 20.1 Å². The summed E-state index contributed by atoms with van der Waals surface area (Å²) in [5.74, 6) is -1.25. The van der Waals surface area contributed by atoms with Crippen LogP contribution < -0.4 is 10.4 Å². The van der Waals surface area contributed by atoms with Gasteiger partial charge in [-0.1, -0.05) is 153 Å². The second-order valence-electron chi connectivity index (χ2n) is 21.0. The van der Waals surface area contributed by atoms with Gasteiger partial charge in [-0.25, -0.2) is 9.78 Å². The van der Waals surface area contributed by atoms with Gasteiger partial charge in [0.1, 0.15) is 11.5 Å². The summed E-state index contributed by atoms with van der Waals surface area (Å²) in [4.78, 5) is 51.1. The van der Waals surface area contributed by atoms with E-state index in [2.05, 4.69) is 123 Å². The molecule has 0 saturated carbocycles. The molecule has 1 aliphatic heterocycles. The summed E-state index contributed by atoms with van der Waals surface area (Å²) in [6, 6.07) is 33.5. The lowest BCUT2D eigenvalue weighted by molar-refractivity contribution is 0.0555. The maximum Gasteiger partial charge on any atom is 0.335 e. The van der Waals surface area contributed by atoms with Crippen molar-refractivity contribution in [1.29, 1.82) is 0 Å². The Morgan fingerprint density at radius 2 is 1.35 bits per heavy atom. The molecule has 1 aromatic heterocycles. The molecule has 11 nitrogen and oxygen atoms in total. The van der Waals surface area contributed by atoms with Crippen molar-refractivity contribution in [3.05, 3.63) is 137 Å². The number of fused-ring (bicyclic) bond motifs is 1. The van der Waals surface area contributed by atoms with Crippen LogP contribution in [0, 0.1) is 0 Å². The fourth-order valence-corrected chi connectivity index (χ4v) is 14.6. The molecule has 0 saturated heterocycles. The number of rotatable bonds is 22. The number of aromatic carboxylic acids is 1. The Bertz CT molecular complexity index is 2450. The van der Waals surface area contributed by atoms with E-state index in [4.69, 9.17) is 18.6 Å². The lowest BCUT2D eigenvalue weighted by Crippen LogP contribution is -2.66.